The molecule has 1 aromatic carbocycles. The van der Waals surface area contributed by atoms with Gasteiger partial charge in [0.05, 0.1) is 6.10 Å². The zero-order valence-electron chi connectivity index (χ0n) is 18.0. The Hall–Kier alpha value is -2.11. The number of ether oxygens (including phenoxy) is 1. The third-order valence-electron chi connectivity index (χ3n) is 4.35. The second kappa shape index (κ2) is 14.8. The van der Waals surface area contributed by atoms with E-state index in [4.69, 9.17) is 21.4 Å². The Morgan fingerprint density at radius 2 is 1.86 bits per heavy atom. The lowest BCUT2D eigenvalue weighted by Crippen LogP contribution is -1.99. The predicted octanol–water partition coefficient (Wildman–Crippen LogP) is 6.98. The van der Waals surface area contributed by atoms with Gasteiger partial charge < -0.3 is 9.84 Å². The predicted molar refractivity (Wildman–Crippen MR) is 123 cm³/mol. The van der Waals surface area contributed by atoms with Gasteiger partial charge >= 0.3 is 0 Å². The van der Waals surface area contributed by atoms with Gasteiger partial charge in [0.25, 0.3) is 0 Å². The van der Waals surface area contributed by atoms with Crippen LogP contribution in [0.15, 0.2) is 41.6 Å². The van der Waals surface area contributed by atoms with Crippen LogP contribution in [-0.4, -0.2) is 22.4 Å². The number of nitrogens with one attached hydrogen (secondary N) is 1. The molecule has 0 aliphatic heterocycles. The molecule has 0 aliphatic carbocycles. The second-order valence-corrected chi connectivity index (χ2v) is 7.11. The van der Waals surface area contributed by atoms with Crippen LogP contribution in [0, 0.1) is 6.92 Å². The van der Waals surface area contributed by atoms with E-state index in [0.717, 1.165) is 31.2 Å². The summed E-state index contributed by atoms with van der Waals surface area (Å²) < 4.78 is 5.93. The van der Waals surface area contributed by atoms with Crippen LogP contribution in [0.3, 0.4) is 0 Å². The molecule has 0 unspecified atom stereocenters. The first kappa shape index (κ1) is 24.9. The molecule has 2 rings (SSSR count). The van der Waals surface area contributed by atoms with Crippen molar-refractivity contribution in [2.75, 3.05) is 5.43 Å². The molecule has 29 heavy (non-hydrogen) atoms. The van der Waals surface area contributed by atoms with E-state index in [9.17, 15) is 0 Å². The monoisotopic (exact) mass is 419 g/mol. The van der Waals surface area contributed by atoms with E-state index in [-0.39, 0.29) is 6.10 Å². The van der Waals surface area contributed by atoms with E-state index in [1.165, 1.54) is 12.8 Å². The average Bonchev–Trinajstić information content (AvgIpc) is 2.74. The fourth-order valence-corrected chi connectivity index (χ4v) is 2.49. The minimum atomic E-state index is -0.0648. The number of aromatic nitrogens is 1. The molecule has 0 aliphatic rings. The van der Waals surface area contributed by atoms with Gasteiger partial charge in [-0.3, -0.25) is 5.43 Å². The van der Waals surface area contributed by atoms with Crippen LogP contribution in [0.4, 0.5) is 5.82 Å². The Kier molecular flexibility index (Phi) is 12.7. The van der Waals surface area contributed by atoms with Crippen molar-refractivity contribution in [3.05, 3.63) is 47.1 Å². The highest BCUT2D eigenvalue weighted by Gasteiger charge is 2.08. The highest BCUT2D eigenvalue weighted by Crippen LogP contribution is 2.32. The van der Waals surface area contributed by atoms with Gasteiger partial charge in [-0.2, -0.15) is 5.10 Å². The molecule has 1 heterocycles. The topological polar surface area (TPSA) is 66.7 Å². The van der Waals surface area contributed by atoms with Crippen LogP contribution in [0.2, 0.25) is 5.02 Å². The van der Waals surface area contributed by atoms with Crippen molar-refractivity contribution in [2.45, 2.75) is 72.3 Å². The van der Waals surface area contributed by atoms with Crippen LogP contribution < -0.4 is 10.2 Å². The fraction of sp³-hybridized carbons (Fsp3) is 0.478. The molecule has 1 aromatic heterocycles. The minimum absolute atomic E-state index is 0.0648. The Morgan fingerprint density at radius 3 is 2.52 bits per heavy atom. The molecule has 2 N–H and O–H groups in total. The van der Waals surface area contributed by atoms with E-state index in [2.05, 4.69) is 22.4 Å². The van der Waals surface area contributed by atoms with Crippen molar-refractivity contribution in [1.29, 1.82) is 0 Å². The lowest BCUT2D eigenvalue weighted by Gasteiger charge is -2.12. The molecule has 6 heteroatoms. The molecule has 0 amide bonds. The Bertz CT molecular complexity index is 734. The Balaban J connectivity index is 0.000000612. The zero-order valence-corrected chi connectivity index (χ0v) is 18.7. The summed E-state index contributed by atoms with van der Waals surface area (Å²) in [4.78, 5) is 4.28. The molecule has 0 spiro atoms. The summed E-state index contributed by atoms with van der Waals surface area (Å²) >= 11 is 6.13. The van der Waals surface area contributed by atoms with Crippen molar-refractivity contribution in [3.63, 3.8) is 0 Å². The molecule has 5 nitrogen and oxygen atoms in total. The van der Waals surface area contributed by atoms with Gasteiger partial charge in [0.2, 0.25) is 0 Å². The standard InChI is InChI=1S/C18H22ClN3O.C5H12O/c1-3-4-5-6-13-21-22-18-17(11-8-12-20-18)23-16-10-7-9-15(19)14(16)2;1-3-5(6)4-2/h7-13H,3-6H2,1-2H3,(H,20,22);5-6H,3-4H2,1-2H3/b21-13+;. The first-order valence-electron chi connectivity index (χ1n) is 10.4. The van der Waals surface area contributed by atoms with Gasteiger partial charge in [0.1, 0.15) is 5.75 Å². The van der Waals surface area contributed by atoms with Crippen molar-refractivity contribution in [2.24, 2.45) is 5.10 Å². The van der Waals surface area contributed by atoms with Crippen molar-refractivity contribution < 1.29 is 9.84 Å². The normalized spacial score (nSPS) is 10.7. The lowest BCUT2D eigenvalue weighted by molar-refractivity contribution is 0.166. The number of aliphatic hydroxyl groups excluding tert-OH is 1. The SMILES string of the molecule is CCC(O)CC.CCCCC/C=N/Nc1ncccc1Oc1cccc(Cl)c1C. The van der Waals surface area contributed by atoms with Gasteiger partial charge in [0, 0.05) is 23.0 Å². The first-order valence-corrected chi connectivity index (χ1v) is 10.7. The highest BCUT2D eigenvalue weighted by molar-refractivity contribution is 6.31. The average molecular weight is 420 g/mol. The molecule has 0 fully saturated rings. The van der Waals surface area contributed by atoms with Crippen molar-refractivity contribution in [3.8, 4) is 11.5 Å². The molecule has 2 aromatic rings. The maximum Gasteiger partial charge on any atom is 0.189 e. The van der Waals surface area contributed by atoms with Crippen LogP contribution in [0.5, 0.6) is 11.5 Å². The number of pyridine rings is 1. The molecule has 0 radical (unpaired) electrons. The number of anilines is 1. The quantitative estimate of drug-likeness (QED) is 0.247. The van der Waals surface area contributed by atoms with Crippen molar-refractivity contribution in [1.82, 2.24) is 4.98 Å². The Morgan fingerprint density at radius 1 is 1.14 bits per heavy atom. The molecule has 0 bridgehead atoms. The number of rotatable bonds is 10. The number of hydrazone groups is 1. The number of unbranched alkanes of at least 4 members (excludes halogenated alkanes) is 3. The third kappa shape index (κ3) is 9.77. The van der Waals surface area contributed by atoms with E-state index in [1.807, 2.05) is 57.3 Å². The second-order valence-electron chi connectivity index (χ2n) is 6.70. The van der Waals surface area contributed by atoms with Gasteiger partial charge in [-0.15, -0.1) is 0 Å². The largest absolute Gasteiger partial charge is 0.453 e. The summed E-state index contributed by atoms with van der Waals surface area (Å²) in [5.74, 6) is 1.91. The van der Waals surface area contributed by atoms with Gasteiger partial charge in [0.15, 0.2) is 11.6 Å². The van der Waals surface area contributed by atoms with Gasteiger partial charge in [-0.25, -0.2) is 4.98 Å². The minimum Gasteiger partial charge on any atom is -0.453 e. The number of aliphatic hydroxyl groups is 1. The Labute approximate surface area is 180 Å². The van der Waals surface area contributed by atoms with E-state index in [0.29, 0.717) is 22.3 Å². The lowest BCUT2D eigenvalue weighted by atomic mass is 10.2. The maximum absolute atomic E-state index is 8.67. The van der Waals surface area contributed by atoms with Crippen LogP contribution in [0.1, 0.15) is 64.9 Å². The highest BCUT2D eigenvalue weighted by atomic mass is 35.5. The van der Waals surface area contributed by atoms with Crippen LogP contribution in [0.25, 0.3) is 0 Å². The summed E-state index contributed by atoms with van der Waals surface area (Å²) in [6.07, 6.45) is 9.81. The number of nitrogens with zero attached hydrogens (tertiary/aromatic N) is 2. The fourth-order valence-electron chi connectivity index (χ4n) is 2.32. The first-order chi connectivity index (χ1) is 14.0. The molecule has 0 saturated heterocycles. The van der Waals surface area contributed by atoms with Gasteiger partial charge in [-0.1, -0.05) is 51.3 Å². The molecule has 0 saturated carbocycles. The van der Waals surface area contributed by atoms with E-state index < -0.39 is 0 Å². The summed E-state index contributed by atoms with van der Waals surface area (Å²) in [5.41, 5.74) is 3.84. The molecule has 0 atom stereocenters. The maximum atomic E-state index is 8.67. The molecular weight excluding hydrogens is 386 g/mol. The van der Waals surface area contributed by atoms with E-state index >= 15 is 0 Å². The summed E-state index contributed by atoms with van der Waals surface area (Å²) in [7, 11) is 0. The van der Waals surface area contributed by atoms with Crippen LogP contribution >= 0.6 is 11.6 Å². The third-order valence-corrected chi connectivity index (χ3v) is 4.76. The summed E-state index contributed by atoms with van der Waals surface area (Å²) in [5, 5.41) is 13.6. The summed E-state index contributed by atoms with van der Waals surface area (Å²) in [6, 6.07) is 9.26. The number of hydrogen-bond acceptors (Lipinski definition) is 5. The van der Waals surface area contributed by atoms with Gasteiger partial charge in [-0.05, 0) is 56.9 Å². The number of hydrogen-bond donors (Lipinski definition) is 2. The molecular formula is C23H34ClN3O2. The number of halogens is 1. The van der Waals surface area contributed by atoms with Crippen LogP contribution in [-0.2, 0) is 0 Å². The summed E-state index contributed by atoms with van der Waals surface area (Å²) in [6.45, 7) is 8.07. The molecule has 160 valence electrons. The smallest absolute Gasteiger partial charge is 0.189 e. The zero-order chi connectivity index (χ0) is 21.5. The van der Waals surface area contributed by atoms with E-state index in [1.54, 1.807) is 6.20 Å². The number of benzene rings is 1. The van der Waals surface area contributed by atoms with Crippen molar-refractivity contribution >= 4 is 23.6 Å².